The Labute approximate surface area is 197 Å². The van der Waals surface area contributed by atoms with Crippen molar-refractivity contribution in [2.45, 2.75) is 0 Å². The van der Waals surface area contributed by atoms with Gasteiger partial charge in [-0.25, -0.2) is 5.43 Å². The van der Waals surface area contributed by atoms with Crippen molar-refractivity contribution in [3.63, 3.8) is 0 Å². The molecule has 0 bridgehead atoms. The Hall–Kier alpha value is -5.25. The molecule has 3 aromatic carbocycles. The van der Waals surface area contributed by atoms with Crippen molar-refractivity contribution in [3.8, 4) is 40.2 Å². The molecule has 10 heteroatoms. The van der Waals surface area contributed by atoms with Crippen molar-refractivity contribution in [2.75, 3.05) is 0 Å². The SMILES string of the molecule is O=C(N/N=C/c1cc(O)c(O)cc1O)c1ccc(-c2nnc(-c3ccc4ncccc4c3)o2)cc1. The van der Waals surface area contributed by atoms with E-state index in [0.717, 1.165) is 34.8 Å². The molecular formula is C25H17N5O5. The summed E-state index contributed by atoms with van der Waals surface area (Å²) in [7, 11) is 0. The molecule has 35 heavy (non-hydrogen) atoms. The molecule has 0 unspecified atom stereocenters. The summed E-state index contributed by atoms with van der Waals surface area (Å²) in [4.78, 5) is 16.6. The minimum Gasteiger partial charge on any atom is -0.507 e. The Morgan fingerprint density at radius 1 is 0.857 bits per heavy atom. The first kappa shape index (κ1) is 21.6. The lowest BCUT2D eigenvalue weighted by Gasteiger charge is -2.03. The van der Waals surface area contributed by atoms with E-state index in [1.54, 1.807) is 30.5 Å². The Morgan fingerprint density at radius 2 is 1.57 bits per heavy atom. The summed E-state index contributed by atoms with van der Waals surface area (Å²) in [6, 6.07) is 18.1. The number of phenolic OH excluding ortho intramolecular Hbond substituents is 3. The molecule has 5 rings (SSSR count). The number of phenols is 3. The number of hydrogen-bond acceptors (Lipinski definition) is 9. The Morgan fingerprint density at radius 3 is 2.37 bits per heavy atom. The first-order valence-electron chi connectivity index (χ1n) is 10.4. The van der Waals surface area contributed by atoms with Crippen molar-refractivity contribution in [1.82, 2.24) is 20.6 Å². The summed E-state index contributed by atoms with van der Waals surface area (Å²) >= 11 is 0. The summed E-state index contributed by atoms with van der Waals surface area (Å²) in [5.41, 5.74) is 5.04. The lowest BCUT2D eigenvalue weighted by Crippen LogP contribution is -2.17. The quantitative estimate of drug-likeness (QED) is 0.132. The monoisotopic (exact) mass is 467 g/mol. The number of rotatable bonds is 5. The average Bonchev–Trinajstić information content (AvgIpc) is 3.37. The molecule has 0 aliphatic rings. The van der Waals surface area contributed by atoms with Gasteiger partial charge in [0.15, 0.2) is 11.5 Å². The lowest BCUT2D eigenvalue weighted by atomic mass is 10.1. The van der Waals surface area contributed by atoms with Crippen LogP contribution in [0.2, 0.25) is 0 Å². The van der Waals surface area contributed by atoms with Crippen molar-refractivity contribution in [3.05, 3.63) is 84.1 Å². The van der Waals surface area contributed by atoms with E-state index in [1.807, 2.05) is 30.3 Å². The third-order valence-electron chi connectivity index (χ3n) is 5.16. The number of fused-ring (bicyclic) bond motifs is 1. The fourth-order valence-corrected chi connectivity index (χ4v) is 3.34. The molecule has 172 valence electrons. The zero-order valence-corrected chi connectivity index (χ0v) is 18.0. The number of nitrogens with one attached hydrogen (secondary N) is 1. The molecule has 5 aromatic rings. The molecule has 2 heterocycles. The van der Waals surface area contributed by atoms with Crippen molar-refractivity contribution in [1.29, 1.82) is 0 Å². The molecule has 0 fully saturated rings. The van der Waals surface area contributed by atoms with Gasteiger partial charge in [0.1, 0.15) is 5.75 Å². The van der Waals surface area contributed by atoms with E-state index in [0.29, 0.717) is 22.9 Å². The van der Waals surface area contributed by atoms with Gasteiger partial charge in [-0.1, -0.05) is 6.07 Å². The van der Waals surface area contributed by atoms with Crippen LogP contribution in [-0.2, 0) is 0 Å². The highest BCUT2D eigenvalue weighted by Gasteiger charge is 2.13. The molecule has 10 nitrogen and oxygen atoms in total. The van der Waals surface area contributed by atoms with Gasteiger partial charge in [0, 0.05) is 39.9 Å². The van der Waals surface area contributed by atoms with E-state index in [4.69, 9.17) is 4.42 Å². The third kappa shape index (κ3) is 4.48. The zero-order chi connectivity index (χ0) is 24.4. The maximum Gasteiger partial charge on any atom is 0.271 e. The number of carbonyl (C=O) groups is 1. The van der Waals surface area contributed by atoms with Crippen LogP contribution in [0, 0.1) is 0 Å². The van der Waals surface area contributed by atoms with Crippen LogP contribution in [0.15, 0.2) is 82.4 Å². The van der Waals surface area contributed by atoms with Crippen LogP contribution >= 0.6 is 0 Å². The molecule has 0 aliphatic carbocycles. The predicted molar refractivity (Wildman–Crippen MR) is 127 cm³/mol. The summed E-state index contributed by atoms with van der Waals surface area (Å²) in [6.07, 6.45) is 2.87. The highest BCUT2D eigenvalue weighted by molar-refractivity contribution is 5.95. The lowest BCUT2D eigenvalue weighted by molar-refractivity contribution is 0.0955. The van der Waals surface area contributed by atoms with Crippen molar-refractivity contribution < 1.29 is 24.5 Å². The van der Waals surface area contributed by atoms with Crippen LogP contribution in [0.4, 0.5) is 0 Å². The van der Waals surface area contributed by atoms with Crippen LogP contribution in [0.1, 0.15) is 15.9 Å². The molecule has 0 atom stereocenters. The molecule has 0 aliphatic heterocycles. The van der Waals surface area contributed by atoms with Crippen LogP contribution in [0.5, 0.6) is 17.2 Å². The van der Waals surface area contributed by atoms with Crippen molar-refractivity contribution >= 4 is 23.0 Å². The first-order chi connectivity index (χ1) is 17.0. The summed E-state index contributed by atoms with van der Waals surface area (Å²) in [6.45, 7) is 0. The Balaban J connectivity index is 1.28. The molecule has 1 amide bonds. The normalized spacial score (nSPS) is 11.2. The van der Waals surface area contributed by atoms with E-state index < -0.39 is 17.4 Å². The second-order valence-corrected chi connectivity index (χ2v) is 7.50. The van der Waals surface area contributed by atoms with Gasteiger partial charge in [-0.15, -0.1) is 10.2 Å². The van der Waals surface area contributed by atoms with Gasteiger partial charge >= 0.3 is 0 Å². The Kier molecular flexibility index (Phi) is 5.52. The summed E-state index contributed by atoms with van der Waals surface area (Å²) in [5, 5.41) is 41.6. The summed E-state index contributed by atoms with van der Waals surface area (Å²) in [5.74, 6) is -1.02. The molecular weight excluding hydrogens is 450 g/mol. The fraction of sp³-hybridized carbons (Fsp3) is 0. The van der Waals surface area contributed by atoms with Gasteiger partial charge in [0.05, 0.1) is 11.7 Å². The summed E-state index contributed by atoms with van der Waals surface area (Å²) < 4.78 is 5.82. The number of aromatic nitrogens is 3. The maximum absolute atomic E-state index is 12.4. The van der Waals surface area contributed by atoms with E-state index in [-0.39, 0.29) is 11.3 Å². The topological polar surface area (TPSA) is 154 Å². The van der Waals surface area contributed by atoms with E-state index in [1.165, 1.54) is 0 Å². The average molecular weight is 467 g/mol. The second kappa shape index (κ2) is 8.94. The fourth-order valence-electron chi connectivity index (χ4n) is 3.34. The molecule has 0 saturated carbocycles. The van der Waals surface area contributed by atoms with E-state index in [9.17, 15) is 20.1 Å². The van der Waals surface area contributed by atoms with E-state index in [2.05, 4.69) is 25.7 Å². The number of nitrogens with zero attached hydrogens (tertiary/aromatic N) is 4. The van der Waals surface area contributed by atoms with Gasteiger partial charge in [0.2, 0.25) is 11.8 Å². The first-order valence-corrected chi connectivity index (χ1v) is 10.4. The smallest absolute Gasteiger partial charge is 0.271 e. The number of aromatic hydroxyl groups is 3. The number of amides is 1. The van der Waals surface area contributed by atoms with Gasteiger partial charge in [-0.05, 0) is 54.6 Å². The molecule has 0 saturated heterocycles. The minimum atomic E-state index is -0.494. The van der Waals surface area contributed by atoms with Gasteiger partial charge in [-0.2, -0.15) is 5.10 Å². The van der Waals surface area contributed by atoms with Crippen LogP contribution < -0.4 is 5.43 Å². The molecule has 4 N–H and O–H groups in total. The van der Waals surface area contributed by atoms with E-state index >= 15 is 0 Å². The number of benzene rings is 3. The second-order valence-electron chi connectivity index (χ2n) is 7.50. The standard InChI is InChI=1S/C25H17N5O5/c31-20-12-22(33)21(32)11-18(20)13-27-28-23(34)14-3-5-15(6-4-14)24-29-30-25(35-24)17-7-8-19-16(10-17)2-1-9-26-19/h1-13,31-33H,(H,28,34)/b27-13+. The van der Waals surface area contributed by atoms with Gasteiger partial charge in [0.25, 0.3) is 5.91 Å². The largest absolute Gasteiger partial charge is 0.507 e. The van der Waals surface area contributed by atoms with Crippen LogP contribution in [-0.4, -0.2) is 42.6 Å². The predicted octanol–water partition coefficient (Wildman–Crippen LogP) is 3.83. The Bertz CT molecular complexity index is 1580. The number of carbonyl (C=O) groups excluding carboxylic acids is 1. The zero-order valence-electron chi connectivity index (χ0n) is 18.0. The van der Waals surface area contributed by atoms with Crippen LogP contribution in [0.25, 0.3) is 33.8 Å². The number of hydrazone groups is 1. The highest BCUT2D eigenvalue weighted by Crippen LogP contribution is 2.31. The third-order valence-corrected chi connectivity index (χ3v) is 5.16. The number of pyridine rings is 1. The van der Waals surface area contributed by atoms with Crippen LogP contribution in [0.3, 0.4) is 0 Å². The van der Waals surface area contributed by atoms with Gasteiger partial charge < -0.3 is 19.7 Å². The maximum atomic E-state index is 12.4. The highest BCUT2D eigenvalue weighted by atomic mass is 16.4. The van der Waals surface area contributed by atoms with Crippen molar-refractivity contribution in [2.24, 2.45) is 5.10 Å². The minimum absolute atomic E-state index is 0.117. The van der Waals surface area contributed by atoms with Gasteiger partial charge in [-0.3, -0.25) is 9.78 Å². The number of hydrogen-bond donors (Lipinski definition) is 4. The molecule has 0 spiro atoms. The molecule has 2 aromatic heterocycles. The molecule has 0 radical (unpaired) electrons.